The molecule has 6 heteroatoms. The van der Waals surface area contributed by atoms with Gasteiger partial charge in [-0.1, -0.05) is 71.7 Å². The van der Waals surface area contributed by atoms with Gasteiger partial charge in [-0.3, -0.25) is 5.41 Å². The third kappa shape index (κ3) is 6.30. The lowest BCUT2D eigenvalue weighted by atomic mass is 10.2. The molecule has 1 aromatic rings. The van der Waals surface area contributed by atoms with Crippen LogP contribution in [0.15, 0.2) is 43.0 Å². The van der Waals surface area contributed by atoms with Crippen LogP contribution < -0.4 is 0 Å². The first-order valence-electron chi connectivity index (χ1n) is 5.50. The van der Waals surface area contributed by atoms with E-state index in [1.54, 1.807) is 0 Å². The minimum Gasteiger partial charge on any atom is -0.468 e. The minimum atomic E-state index is -1.87. The molecule has 3 nitrogen and oxygen atoms in total. The lowest BCUT2D eigenvalue weighted by Gasteiger charge is -2.19. The maximum Gasteiger partial charge on any atom is 0.265 e. The highest BCUT2D eigenvalue weighted by Gasteiger charge is 2.30. The lowest BCUT2D eigenvalue weighted by Crippen LogP contribution is -2.28. The zero-order valence-electron chi connectivity index (χ0n) is 10.1. The molecule has 19 heavy (non-hydrogen) atoms. The van der Waals surface area contributed by atoms with Gasteiger partial charge in [0.1, 0.15) is 6.10 Å². The molecule has 0 aliphatic heterocycles. The molecule has 0 aliphatic rings. The monoisotopic (exact) mass is 321 g/mol. The van der Waals surface area contributed by atoms with Gasteiger partial charge in [-0.05, 0) is 11.6 Å². The fourth-order valence-electron chi connectivity index (χ4n) is 1.24. The molecule has 1 rings (SSSR count). The molecule has 1 N–H and O–H groups in total. The SMILES string of the molecule is C=CC(COCc1ccccc1)OC(=N)C(Cl)(Cl)Cl. The number of rotatable bonds is 6. The van der Waals surface area contributed by atoms with E-state index in [0.29, 0.717) is 6.61 Å². The molecule has 0 amide bonds. The molecule has 0 heterocycles. The van der Waals surface area contributed by atoms with Crippen LogP contribution in [0.3, 0.4) is 0 Å². The van der Waals surface area contributed by atoms with Gasteiger partial charge < -0.3 is 9.47 Å². The molecule has 1 unspecified atom stereocenters. The van der Waals surface area contributed by atoms with Gasteiger partial charge in [-0.25, -0.2) is 0 Å². The summed E-state index contributed by atoms with van der Waals surface area (Å²) in [7, 11) is 0. The molecule has 0 bridgehead atoms. The molecule has 1 atom stereocenters. The van der Waals surface area contributed by atoms with E-state index in [2.05, 4.69) is 6.58 Å². The zero-order valence-corrected chi connectivity index (χ0v) is 12.4. The van der Waals surface area contributed by atoms with Crippen LogP contribution in [0.4, 0.5) is 0 Å². The summed E-state index contributed by atoms with van der Waals surface area (Å²) >= 11 is 16.6. The lowest BCUT2D eigenvalue weighted by molar-refractivity contribution is 0.0548. The quantitative estimate of drug-likeness (QED) is 0.370. The van der Waals surface area contributed by atoms with Crippen LogP contribution in [-0.2, 0) is 16.1 Å². The molecular weight excluding hydrogens is 309 g/mol. The van der Waals surface area contributed by atoms with Crippen molar-refractivity contribution in [3.05, 3.63) is 48.6 Å². The van der Waals surface area contributed by atoms with Crippen LogP contribution in [0.2, 0.25) is 0 Å². The minimum absolute atomic E-state index is 0.224. The second kappa shape index (κ2) is 7.75. The van der Waals surface area contributed by atoms with Crippen molar-refractivity contribution >= 4 is 40.7 Å². The first-order chi connectivity index (χ1) is 8.93. The maximum absolute atomic E-state index is 7.45. The van der Waals surface area contributed by atoms with Crippen molar-refractivity contribution in [1.82, 2.24) is 0 Å². The Morgan fingerprint density at radius 2 is 1.95 bits per heavy atom. The molecule has 1 aromatic carbocycles. The third-order valence-electron chi connectivity index (χ3n) is 2.18. The molecule has 104 valence electrons. The number of hydrogen-bond donors (Lipinski definition) is 1. The molecule has 0 saturated carbocycles. The van der Waals surface area contributed by atoms with Crippen LogP contribution in [-0.4, -0.2) is 22.4 Å². The Bertz CT molecular complexity index is 418. The Morgan fingerprint density at radius 3 is 2.47 bits per heavy atom. The maximum atomic E-state index is 7.45. The van der Waals surface area contributed by atoms with E-state index in [1.807, 2.05) is 30.3 Å². The zero-order chi connectivity index (χ0) is 14.3. The fourth-order valence-corrected chi connectivity index (χ4v) is 1.37. The number of ether oxygens (including phenoxy) is 2. The molecule has 0 aliphatic carbocycles. The topological polar surface area (TPSA) is 42.3 Å². The first kappa shape index (κ1) is 16.3. The van der Waals surface area contributed by atoms with Crippen molar-refractivity contribution in [3.8, 4) is 0 Å². The van der Waals surface area contributed by atoms with Crippen molar-refractivity contribution in [1.29, 1.82) is 5.41 Å². The van der Waals surface area contributed by atoms with E-state index in [-0.39, 0.29) is 6.61 Å². The van der Waals surface area contributed by atoms with Crippen molar-refractivity contribution in [3.63, 3.8) is 0 Å². The summed E-state index contributed by atoms with van der Waals surface area (Å²) in [6.45, 7) is 4.25. The summed E-state index contributed by atoms with van der Waals surface area (Å²) in [5, 5.41) is 7.45. The van der Waals surface area contributed by atoms with E-state index in [0.717, 1.165) is 5.56 Å². The molecule has 0 saturated heterocycles. The van der Waals surface area contributed by atoms with Gasteiger partial charge in [0.05, 0.1) is 13.2 Å². The summed E-state index contributed by atoms with van der Waals surface area (Å²) in [5.74, 6) is -0.453. The third-order valence-corrected chi connectivity index (χ3v) is 2.70. The van der Waals surface area contributed by atoms with Crippen LogP contribution in [0.25, 0.3) is 0 Å². The molecule has 0 fully saturated rings. The summed E-state index contributed by atoms with van der Waals surface area (Å²) < 4.78 is 8.74. The number of hydrogen-bond acceptors (Lipinski definition) is 3. The molecular formula is C13H14Cl3NO2. The highest BCUT2D eigenvalue weighted by atomic mass is 35.6. The van der Waals surface area contributed by atoms with Crippen LogP contribution in [0.5, 0.6) is 0 Å². The van der Waals surface area contributed by atoms with Crippen LogP contribution >= 0.6 is 34.8 Å². The Hall–Kier alpha value is -0.740. The summed E-state index contributed by atoms with van der Waals surface area (Å²) in [4.78, 5) is 0. The normalized spacial score (nSPS) is 12.8. The van der Waals surface area contributed by atoms with Crippen molar-refractivity contribution in [2.24, 2.45) is 0 Å². The van der Waals surface area contributed by atoms with Gasteiger partial charge in [0, 0.05) is 0 Å². The van der Waals surface area contributed by atoms with Gasteiger partial charge in [-0.2, -0.15) is 0 Å². The number of halogens is 3. The Labute approximate surface area is 127 Å². The van der Waals surface area contributed by atoms with Gasteiger partial charge >= 0.3 is 0 Å². The van der Waals surface area contributed by atoms with E-state index < -0.39 is 15.8 Å². The predicted octanol–water partition coefficient (Wildman–Crippen LogP) is 4.12. The standard InChI is InChI=1S/C13H14Cl3NO2/c1-2-11(19-12(17)13(14,15)16)9-18-8-10-6-4-3-5-7-10/h2-7,11,17H,1,8-9H2. The number of benzene rings is 1. The highest BCUT2D eigenvalue weighted by molar-refractivity contribution is 6.76. The molecule has 0 radical (unpaired) electrons. The summed E-state index contributed by atoms with van der Waals surface area (Å²) in [5.41, 5.74) is 1.04. The van der Waals surface area contributed by atoms with E-state index in [1.165, 1.54) is 6.08 Å². The van der Waals surface area contributed by atoms with Crippen molar-refractivity contribution in [2.75, 3.05) is 6.61 Å². The highest BCUT2D eigenvalue weighted by Crippen LogP contribution is 2.28. The van der Waals surface area contributed by atoms with Crippen molar-refractivity contribution in [2.45, 2.75) is 16.5 Å². The van der Waals surface area contributed by atoms with E-state index >= 15 is 0 Å². The second-order valence-corrected chi connectivity index (χ2v) is 6.00. The van der Waals surface area contributed by atoms with Crippen LogP contribution in [0.1, 0.15) is 5.56 Å². The molecule has 0 spiro atoms. The largest absolute Gasteiger partial charge is 0.468 e. The number of alkyl halides is 3. The predicted molar refractivity (Wildman–Crippen MR) is 79.2 cm³/mol. The van der Waals surface area contributed by atoms with Gasteiger partial charge in [0.15, 0.2) is 0 Å². The molecule has 0 aromatic heterocycles. The smallest absolute Gasteiger partial charge is 0.265 e. The Morgan fingerprint density at radius 1 is 1.32 bits per heavy atom. The summed E-state index contributed by atoms with van der Waals surface area (Å²) in [6.07, 6.45) is 0.961. The number of nitrogens with one attached hydrogen (secondary N) is 1. The Balaban J connectivity index is 2.37. The first-order valence-corrected chi connectivity index (χ1v) is 6.63. The van der Waals surface area contributed by atoms with Gasteiger partial charge in [0.2, 0.25) is 5.90 Å². The Kier molecular flexibility index (Phi) is 6.66. The fraction of sp³-hybridized carbons (Fsp3) is 0.308. The van der Waals surface area contributed by atoms with Crippen LogP contribution in [0, 0.1) is 5.41 Å². The second-order valence-electron chi connectivity index (χ2n) is 3.72. The van der Waals surface area contributed by atoms with Gasteiger partial charge in [-0.15, -0.1) is 0 Å². The average molecular weight is 323 g/mol. The van der Waals surface area contributed by atoms with Crippen molar-refractivity contribution < 1.29 is 9.47 Å². The van der Waals surface area contributed by atoms with Gasteiger partial charge in [0.25, 0.3) is 3.79 Å². The van der Waals surface area contributed by atoms with E-state index in [4.69, 9.17) is 49.7 Å². The van der Waals surface area contributed by atoms with E-state index in [9.17, 15) is 0 Å². The summed E-state index contributed by atoms with van der Waals surface area (Å²) in [6, 6.07) is 9.69. The average Bonchev–Trinajstić information content (AvgIpc) is 2.37.